The van der Waals surface area contributed by atoms with E-state index in [1.54, 1.807) is 11.8 Å². The molecule has 1 unspecified atom stereocenters. The van der Waals surface area contributed by atoms with Crippen molar-refractivity contribution in [1.29, 1.82) is 0 Å². The summed E-state index contributed by atoms with van der Waals surface area (Å²) < 4.78 is 6.70. The van der Waals surface area contributed by atoms with Crippen LogP contribution in [-0.2, 0) is 11.3 Å². The quantitative estimate of drug-likeness (QED) is 0.731. The number of nitrogens with zero attached hydrogens (tertiary/aromatic N) is 3. The van der Waals surface area contributed by atoms with Crippen molar-refractivity contribution in [1.82, 2.24) is 15.0 Å². The van der Waals surface area contributed by atoms with E-state index in [2.05, 4.69) is 17.2 Å². The molecule has 0 aromatic carbocycles. The third-order valence-electron chi connectivity index (χ3n) is 2.06. The molecule has 0 aliphatic carbocycles. The average molecular weight is 198 g/mol. The van der Waals surface area contributed by atoms with Gasteiger partial charge in [-0.15, -0.1) is 5.10 Å². The molecule has 0 saturated heterocycles. The van der Waals surface area contributed by atoms with Gasteiger partial charge >= 0.3 is 0 Å². The Morgan fingerprint density at radius 1 is 1.64 bits per heavy atom. The van der Waals surface area contributed by atoms with Crippen molar-refractivity contribution in [2.75, 3.05) is 13.7 Å². The Bertz CT molecular complexity index is 261. The number of hydrogen-bond acceptors (Lipinski definition) is 4. The molecule has 2 N–H and O–H groups in total. The van der Waals surface area contributed by atoms with Crippen molar-refractivity contribution >= 4 is 0 Å². The highest BCUT2D eigenvalue weighted by molar-refractivity contribution is 4.99. The van der Waals surface area contributed by atoms with E-state index in [0.29, 0.717) is 6.61 Å². The van der Waals surface area contributed by atoms with Gasteiger partial charge in [-0.2, -0.15) is 0 Å². The van der Waals surface area contributed by atoms with Gasteiger partial charge in [-0.3, -0.25) is 0 Å². The van der Waals surface area contributed by atoms with Gasteiger partial charge in [0.05, 0.1) is 31.1 Å². The second-order valence-electron chi connectivity index (χ2n) is 3.29. The molecular weight excluding hydrogens is 180 g/mol. The first kappa shape index (κ1) is 11.1. The first-order valence-corrected chi connectivity index (χ1v) is 4.92. The lowest BCUT2D eigenvalue weighted by atomic mass is 10.1. The minimum Gasteiger partial charge on any atom is -0.383 e. The molecule has 1 aromatic rings. The number of ether oxygens (including phenoxy) is 1. The number of hydrogen-bond donors (Lipinski definition) is 1. The summed E-state index contributed by atoms with van der Waals surface area (Å²) in [7, 11) is 1.67. The zero-order valence-corrected chi connectivity index (χ0v) is 8.81. The van der Waals surface area contributed by atoms with Crippen molar-refractivity contribution in [3.8, 4) is 0 Å². The molecule has 5 nitrogen and oxygen atoms in total. The summed E-state index contributed by atoms with van der Waals surface area (Å²) in [6.07, 6.45) is 3.90. The summed E-state index contributed by atoms with van der Waals surface area (Å²) in [5.74, 6) is 0. The van der Waals surface area contributed by atoms with E-state index >= 15 is 0 Å². The molecular formula is C9H18N4O. The van der Waals surface area contributed by atoms with E-state index in [4.69, 9.17) is 10.5 Å². The third-order valence-corrected chi connectivity index (χ3v) is 2.06. The lowest BCUT2D eigenvalue weighted by molar-refractivity contribution is 0.183. The van der Waals surface area contributed by atoms with E-state index in [9.17, 15) is 0 Å². The van der Waals surface area contributed by atoms with E-state index in [1.807, 2.05) is 6.20 Å². The van der Waals surface area contributed by atoms with Crippen molar-refractivity contribution in [2.45, 2.75) is 32.4 Å². The van der Waals surface area contributed by atoms with Crippen molar-refractivity contribution in [3.63, 3.8) is 0 Å². The van der Waals surface area contributed by atoms with Gasteiger partial charge in [0.25, 0.3) is 0 Å². The molecule has 5 heteroatoms. The van der Waals surface area contributed by atoms with Gasteiger partial charge in [0.15, 0.2) is 0 Å². The van der Waals surface area contributed by atoms with E-state index in [-0.39, 0.29) is 6.04 Å². The first-order valence-electron chi connectivity index (χ1n) is 4.92. The second-order valence-corrected chi connectivity index (χ2v) is 3.29. The van der Waals surface area contributed by atoms with E-state index < -0.39 is 0 Å². The fraction of sp³-hybridized carbons (Fsp3) is 0.778. The van der Waals surface area contributed by atoms with Gasteiger partial charge in [0, 0.05) is 7.11 Å². The maximum Gasteiger partial charge on any atom is 0.0994 e. The van der Waals surface area contributed by atoms with Crippen LogP contribution in [0, 0.1) is 0 Å². The van der Waals surface area contributed by atoms with Gasteiger partial charge in [-0.1, -0.05) is 18.6 Å². The summed E-state index contributed by atoms with van der Waals surface area (Å²) in [5, 5.41) is 7.98. The van der Waals surface area contributed by atoms with E-state index in [0.717, 1.165) is 25.1 Å². The number of nitrogens with two attached hydrogens (primary N) is 1. The number of aromatic nitrogens is 3. The Balaban J connectivity index is 2.49. The van der Waals surface area contributed by atoms with Crippen LogP contribution < -0.4 is 5.73 Å². The molecule has 1 aromatic heterocycles. The fourth-order valence-electron chi connectivity index (χ4n) is 1.24. The normalized spacial score (nSPS) is 13.1. The highest BCUT2D eigenvalue weighted by Gasteiger charge is 2.08. The van der Waals surface area contributed by atoms with Crippen LogP contribution in [0.1, 0.15) is 31.5 Å². The highest BCUT2D eigenvalue weighted by Crippen LogP contribution is 2.11. The van der Waals surface area contributed by atoms with Crippen LogP contribution in [0.3, 0.4) is 0 Å². The van der Waals surface area contributed by atoms with Crippen LogP contribution in [0.15, 0.2) is 6.20 Å². The summed E-state index contributed by atoms with van der Waals surface area (Å²) >= 11 is 0. The summed E-state index contributed by atoms with van der Waals surface area (Å²) in [4.78, 5) is 0. The minimum absolute atomic E-state index is 0.0105. The van der Waals surface area contributed by atoms with Gasteiger partial charge in [-0.25, -0.2) is 4.68 Å². The van der Waals surface area contributed by atoms with Crippen molar-refractivity contribution in [2.24, 2.45) is 5.73 Å². The standard InChI is InChI=1S/C9H18N4O/c1-3-4-8(10)9-7-13(12-11-9)5-6-14-2/h7-8H,3-6,10H2,1-2H3. The van der Waals surface area contributed by atoms with Crippen LogP contribution in [0.25, 0.3) is 0 Å². The largest absolute Gasteiger partial charge is 0.383 e. The molecule has 1 atom stereocenters. The first-order chi connectivity index (χ1) is 6.77. The molecule has 0 fully saturated rings. The minimum atomic E-state index is 0.0105. The molecule has 14 heavy (non-hydrogen) atoms. The molecule has 1 heterocycles. The molecule has 0 saturated carbocycles. The van der Waals surface area contributed by atoms with Gasteiger partial charge in [0.2, 0.25) is 0 Å². The van der Waals surface area contributed by atoms with Gasteiger partial charge in [0.1, 0.15) is 0 Å². The van der Waals surface area contributed by atoms with Gasteiger partial charge < -0.3 is 10.5 Å². The Labute approximate surface area is 84.2 Å². The molecule has 1 rings (SSSR count). The predicted molar refractivity (Wildman–Crippen MR) is 53.7 cm³/mol. The van der Waals surface area contributed by atoms with Crippen LogP contribution in [0.2, 0.25) is 0 Å². The van der Waals surface area contributed by atoms with E-state index in [1.165, 1.54) is 0 Å². The Morgan fingerprint density at radius 3 is 3.07 bits per heavy atom. The third kappa shape index (κ3) is 3.08. The van der Waals surface area contributed by atoms with Crippen LogP contribution >= 0.6 is 0 Å². The molecule has 0 bridgehead atoms. The summed E-state index contributed by atoms with van der Waals surface area (Å²) in [6.45, 7) is 3.48. The van der Waals surface area contributed by atoms with Crippen molar-refractivity contribution < 1.29 is 4.74 Å². The van der Waals surface area contributed by atoms with Crippen LogP contribution in [-0.4, -0.2) is 28.7 Å². The Morgan fingerprint density at radius 2 is 2.43 bits per heavy atom. The second kappa shape index (κ2) is 5.72. The zero-order valence-electron chi connectivity index (χ0n) is 8.81. The van der Waals surface area contributed by atoms with Crippen LogP contribution in [0.4, 0.5) is 0 Å². The summed E-state index contributed by atoms with van der Waals surface area (Å²) in [6, 6.07) is 0.0105. The van der Waals surface area contributed by atoms with Gasteiger partial charge in [-0.05, 0) is 6.42 Å². The number of methoxy groups -OCH3 is 1. The highest BCUT2D eigenvalue weighted by atomic mass is 16.5. The lowest BCUT2D eigenvalue weighted by Gasteiger charge is -2.04. The number of rotatable bonds is 6. The zero-order chi connectivity index (χ0) is 10.4. The molecule has 0 spiro atoms. The van der Waals surface area contributed by atoms with Crippen molar-refractivity contribution in [3.05, 3.63) is 11.9 Å². The topological polar surface area (TPSA) is 66.0 Å². The average Bonchev–Trinajstić information content (AvgIpc) is 2.63. The SMILES string of the molecule is CCCC(N)c1cn(CCOC)nn1. The molecule has 80 valence electrons. The molecule has 0 aliphatic rings. The molecule has 0 amide bonds. The maximum absolute atomic E-state index is 5.90. The summed E-state index contributed by atoms with van der Waals surface area (Å²) in [5.41, 5.74) is 6.76. The smallest absolute Gasteiger partial charge is 0.0994 e. The van der Waals surface area contributed by atoms with Crippen LogP contribution in [0.5, 0.6) is 0 Å². The lowest BCUT2D eigenvalue weighted by Crippen LogP contribution is -2.10. The predicted octanol–water partition coefficient (Wildman–Crippen LogP) is 0.724. The Hall–Kier alpha value is -0.940. The molecule has 0 radical (unpaired) electrons. The monoisotopic (exact) mass is 198 g/mol. The Kier molecular flexibility index (Phi) is 4.55. The maximum atomic E-state index is 5.90. The molecule has 0 aliphatic heterocycles. The fourth-order valence-corrected chi connectivity index (χ4v) is 1.24.